The number of hydrogen-bond donors (Lipinski definition) is 2. The van der Waals surface area contributed by atoms with Crippen LogP contribution in [0.4, 0.5) is 15.8 Å². The molecule has 2 N–H and O–H groups in total. The third-order valence-corrected chi connectivity index (χ3v) is 3.74. The van der Waals surface area contributed by atoms with Crippen molar-refractivity contribution < 1.29 is 14.0 Å². The highest BCUT2D eigenvalue weighted by Crippen LogP contribution is 2.14. The van der Waals surface area contributed by atoms with Crippen LogP contribution in [0.3, 0.4) is 0 Å². The van der Waals surface area contributed by atoms with Crippen molar-refractivity contribution in [1.82, 2.24) is 0 Å². The van der Waals surface area contributed by atoms with E-state index in [2.05, 4.69) is 10.6 Å². The number of hydrogen-bond acceptors (Lipinski definition) is 3. The van der Waals surface area contributed by atoms with Gasteiger partial charge in [-0.2, -0.15) is 5.26 Å². The van der Waals surface area contributed by atoms with E-state index >= 15 is 0 Å². The molecule has 5 nitrogen and oxygen atoms in total. The second kappa shape index (κ2) is 7.93. The van der Waals surface area contributed by atoms with Gasteiger partial charge in [-0.15, -0.1) is 0 Å². The van der Waals surface area contributed by atoms with Crippen LogP contribution < -0.4 is 10.6 Å². The Bertz CT molecular complexity index is 1040. The number of carbonyl (C=O) groups excluding carboxylic acids is 2. The summed E-state index contributed by atoms with van der Waals surface area (Å²) in [5.74, 6) is -1.21. The number of nitriles is 1. The minimum Gasteiger partial charge on any atom is -0.322 e. The zero-order chi connectivity index (χ0) is 19.2. The molecule has 0 aliphatic carbocycles. The van der Waals surface area contributed by atoms with Crippen LogP contribution in [0.1, 0.15) is 26.3 Å². The summed E-state index contributed by atoms with van der Waals surface area (Å²) in [6.07, 6.45) is 0. The van der Waals surface area contributed by atoms with Crippen LogP contribution in [0.25, 0.3) is 0 Å². The van der Waals surface area contributed by atoms with Gasteiger partial charge in [0.05, 0.1) is 11.6 Å². The number of halogens is 1. The molecule has 132 valence electrons. The molecule has 0 fully saturated rings. The fourth-order valence-corrected chi connectivity index (χ4v) is 2.41. The molecule has 0 saturated heterocycles. The lowest BCUT2D eigenvalue weighted by atomic mass is 10.1. The Kier molecular flexibility index (Phi) is 5.24. The Balaban J connectivity index is 1.68. The summed E-state index contributed by atoms with van der Waals surface area (Å²) in [6.45, 7) is 0. The summed E-state index contributed by atoms with van der Waals surface area (Å²) in [5, 5.41) is 14.2. The molecule has 0 atom stereocenters. The van der Waals surface area contributed by atoms with Crippen molar-refractivity contribution in [2.45, 2.75) is 0 Å². The fraction of sp³-hybridized carbons (Fsp3) is 0. The molecule has 0 saturated carbocycles. The largest absolute Gasteiger partial charge is 0.322 e. The maximum atomic E-state index is 13.2. The van der Waals surface area contributed by atoms with E-state index < -0.39 is 11.7 Å². The van der Waals surface area contributed by atoms with E-state index in [9.17, 15) is 14.0 Å². The number of amides is 2. The predicted octanol–water partition coefficient (Wildman–Crippen LogP) is 4.20. The van der Waals surface area contributed by atoms with Gasteiger partial charge in [0.1, 0.15) is 5.82 Å². The van der Waals surface area contributed by atoms with Crippen LogP contribution in [0.2, 0.25) is 0 Å². The quantitative estimate of drug-likeness (QED) is 0.732. The Morgan fingerprint density at radius 1 is 0.778 bits per heavy atom. The molecule has 0 aliphatic heterocycles. The lowest BCUT2D eigenvalue weighted by molar-refractivity contribution is 0.101. The van der Waals surface area contributed by atoms with Crippen LogP contribution in [0, 0.1) is 17.1 Å². The first-order chi connectivity index (χ1) is 13.0. The summed E-state index contributed by atoms with van der Waals surface area (Å²) in [6, 6.07) is 20.2. The summed E-state index contributed by atoms with van der Waals surface area (Å²) in [4.78, 5) is 24.5. The van der Waals surface area contributed by atoms with Crippen molar-refractivity contribution in [2.24, 2.45) is 0 Å². The third kappa shape index (κ3) is 4.55. The van der Waals surface area contributed by atoms with Gasteiger partial charge in [0.25, 0.3) is 11.8 Å². The van der Waals surface area contributed by atoms with Crippen molar-refractivity contribution in [3.8, 4) is 6.07 Å². The predicted molar refractivity (Wildman–Crippen MR) is 99.9 cm³/mol. The van der Waals surface area contributed by atoms with Crippen LogP contribution >= 0.6 is 0 Å². The van der Waals surface area contributed by atoms with Gasteiger partial charge >= 0.3 is 0 Å². The van der Waals surface area contributed by atoms with Gasteiger partial charge in [0.2, 0.25) is 0 Å². The van der Waals surface area contributed by atoms with Crippen LogP contribution in [0.15, 0.2) is 72.8 Å². The molecule has 2 amide bonds. The lowest BCUT2D eigenvalue weighted by Gasteiger charge is -2.08. The molecule has 6 heteroatoms. The molecule has 0 spiro atoms. The second-order valence-electron chi connectivity index (χ2n) is 5.69. The molecule has 0 radical (unpaired) electrons. The molecule has 3 aromatic rings. The standard InChI is InChI=1S/C21H14FN3O2/c22-17-4-2-6-19(12-17)25-21(27)16-9-7-15(8-10-16)20(26)24-18-5-1-3-14(11-18)13-23/h1-12H,(H,24,26)(H,25,27). The topological polar surface area (TPSA) is 82.0 Å². The Hall–Kier alpha value is -3.98. The van der Waals surface area contributed by atoms with Gasteiger partial charge in [-0.1, -0.05) is 12.1 Å². The van der Waals surface area contributed by atoms with Gasteiger partial charge in [-0.05, 0) is 60.7 Å². The molecule has 0 bridgehead atoms. The first-order valence-corrected chi connectivity index (χ1v) is 8.03. The van der Waals surface area contributed by atoms with Gasteiger partial charge in [0.15, 0.2) is 0 Å². The van der Waals surface area contributed by atoms with Crippen LogP contribution in [-0.4, -0.2) is 11.8 Å². The number of rotatable bonds is 4. The highest BCUT2D eigenvalue weighted by molar-refractivity contribution is 6.07. The number of nitrogens with one attached hydrogen (secondary N) is 2. The monoisotopic (exact) mass is 359 g/mol. The minimum absolute atomic E-state index is 0.335. The van der Waals surface area contributed by atoms with Crippen molar-refractivity contribution >= 4 is 23.2 Å². The molecular weight excluding hydrogens is 345 g/mol. The molecule has 3 rings (SSSR count). The molecule has 27 heavy (non-hydrogen) atoms. The maximum Gasteiger partial charge on any atom is 0.255 e. The number of carbonyl (C=O) groups is 2. The molecule has 0 aromatic heterocycles. The summed E-state index contributed by atoms with van der Waals surface area (Å²) >= 11 is 0. The molecule has 0 heterocycles. The first-order valence-electron chi connectivity index (χ1n) is 8.03. The average molecular weight is 359 g/mol. The first kappa shape index (κ1) is 17.8. The normalized spacial score (nSPS) is 9.93. The smallest absolute Gasteiger partial charge is 0.255 e. The zero-order valence-corrected chi connectivity index (χ0v) is 14.1. The lowest BCUT2D eigenvalue weighted by Crippen LogP contribution is -2.14. The second-order valence-corrected chi connectivity index (χ2v) is 5.69. The zero-order valence-electron chi connectivity index (χ0n) is 14.1. The highest BCUT2D eigenvalue weighted by Gasteiger charge is 2.10. The fourth-order valence-electron chi connectivity index (χ4n) is 2.41. The molecule has 0 aliphatic rings. The van der Waals surface area contributed by atoms with E-state index in [4.69, 9.17) is 5.26 Å². The van der Waals surface area contributed by atoms with Gasteiger partial charge in [0, 0.05) is 22.5 Å². The minimum atomic E-state index is -0.444. The van der Waals surface area contributed by atoms with Crippen molar-refractivity contribution in [3.05, 3.63) is 95.3 Å². The van der Waals surface area contributed by atoms with E-state index in [1.165, 1.54) is 42.5 Å². The number of benzene rings is 3. The van der Waals surface area contributed by atoms with Crippen LogP contribution in [0.5, 0.6) is 0 Å². The van der Waals surface area contributed by atoms with Gasteiger partial charge in [-0.3, -0.25) is 9.59 Å². The van der Waals surface area contributed by atoms with Crippen molar-refractivity contribution in [2.75, 3.05) is 10.6 Å². The van der Waals surface area contributed by atoms with Gasteiger partial charge < -0.3 is 10.6 Å². The van der Waals surface area contributed by atoms with E-state index in [1.807, 2.05) is 6.07 Å². The SMILES string of the molecule is N#Cc1cccc(NC(=O)c2ccc(C(=O)Nc3cccc(F)c3)cc2)c1. The summed E-state index contributed by atoms with van der Waals surface area (Å²) in [7, 11) is 0. The Labute approximate surface area is 155 Å². The summed E-state index contributed by atoms with van der Waals surface area (Å²) in [5.41, 5.74) is 1.99. The van der Waals surface area contributed by atoms with Gasteiger partial charge in [-0.25, -0.2) is 4.39 Å². The van der Waals surface area contributed by atoms with E-state index in [0.29, 0.717) is 28.1 Å². The molecule has 3 aromatic carbocycles. The number of anilines is 2. The van der Waals surface area contributed by atoms with E-state index in [0.717, 1.165) is 0 Å². The average Bonchev–Trinajstić information content (AvgIpc) is 2.68. The molecule has 0 unspecified atom stereocenters. The molecular formula is C21H14FN3O2. The Morgan fingerprint density at radius 2 is 1.30 bits per heavy atom. The number of nitrogens with zero attached hydrogens (tertiary/aromatic N) is 1. The van der Waals surface area contributed by atoms with Crippen molar-refractivity contribution in [3.63, 3.8) is 0 Å². The third-order valence-electron chi connectivity index (χ3n) is 3.74. The maximum absolute atomic E-state index is 13.2. The van der Waals surface area contributed by atoms with Crippen molar-refractivity contribution in [1.29, 1.82) is 5.26 Å². The highest BCUT2D eigenvalue weighted by atomic mass is 19.1. The Morgan fingerprint density at radius 3 is 1.81 bits per heavy atom. The van der Waals surface area contributed by atoms with E-state index in [1.54, 1.807) is 30.3 Å². The summed E-state index contributed by atoms with van der Waals surface area (Å²) < 4.78 is 13.2. The van der Waals surface area contributed by atoms with Crippen LogP contribution in [-0.2, 0) is 0 Å². The van der Waals surface area contributed by atoms with E-state index in [-0.39, 0.29) is 5.91 Å².